The molecule has 0 aliphatic carbocycles. The fraction of sp³-hybridized carbons (Fsp3) is 1.00. The first-order valence-electron chi connectivity index (χ1n) is 1.76. The maximum absolute atomic E-state index is 5.26. The van der Waals surface area contributed by atoms with E-state index in [1.807, 2.05) is 14.0 Å². The van der Waals surface area contributed by atoms with Crippen LogP contribution in [0.3, 0.4) is 0 Å². The van der Waals surface area contributed by atoms with E-state index in [9.17, 15) is 0 Å². The summed E-state index contributed by atoms with van der Waals surface area (Å²) in [6.07, 6.45) is 0. The maximum atomic E-state index is 5.26. The highest BCUT2D eigenvalue weighted by molar-refractivity contribution is 14.1. The molecule has 0 spiro atoms. The van der Waals surface area contributed by atoms with Gasteiger partial charge in [0.2, 0.25) is 0 Å². The van der Waals surface area contributed by atoms with Gasteiger partial charge in [0.1, 0.15) is 0 Å². The highest BCUT2D eigenvalue weighted by atomic mass is 127. The van der Waals surface area contributed by atoms with Crippen LogP contribution in [-0.4, -0.2) is 16.1 Å². The molecule has 0 rings (SSSR count). The fourth-order valence-corrected chi connectivity index (χ4v) is 0. The Hall–Kier alpha value is 0.650. The second-order valence-corrected chi connectivity index (χ2v) is 3.04. The fourth-order valence-electron chi connectivity index (χ4n) is 0. The lowest BCUT2D eigenvalue weighted by Gasteiger charge is -2.10. The normalized spacial score (nSPS) is 15.5. The molecule has 38 valence electrons. The molecule has 0 aliphatic rings. The van der Waals surface area contributed by atoms with Gasteiger partial charge >= 0.3 is 0 Å². The van der Waals surface area contributed by atoms with Crippen molar-refractivity contribution in [3.63, 3.8) is 0 Å². The summed E-state index contributed by atoms with van der Waals surface area (Å²) in [5, 5.41) is 1.65. The minimum atomic E-state index is 0.433. The average molecular weight is 200 g/mol. The van der Waals surface area contributed by atoms with Crippen LogP contribution in [-0.2, 0) is 0 Å². The molecule has 2 N–H and O–H groups in total. The van der Waals surface area contributed by atoms with Crippen molar-refractivity contribution in [2.75, 3.05) is 7.05 Å². The summed E-state index contributed by atoms with van der Waals surface area (Å²) in [5.41, 5.74) is 0. The first-order valence-corrected chi connectivity index (χ1v) is 3.00. The van der Waals surface area contributed by atoms with Gasteiger partial charge in [-0.15, -0.1) is 0 Å². The average Bonchev–Trinajstić information content (AvgIpc) is 1.36. The minimum absolute atomic E-state index is 0.433. The molecule has 0 amide bonds. The Balaban J connectivity index is 2.99. The lowest BCUT2D eigenvalue weighted by molar-refractivity contribution is 0.355. The molecule has 6 heavy (non-hydrogen) atoms. The van der Waals surface area contributed by atoms with Crippen LogP contribution < -0.4 is 5.84 Å². The van der Waals surface area contributed by atoms with E-state index in [1.54, 1.807) is 5.01 Å². The molecule has 0 aromatic carbocycles. The van der Waals surface area contributed by atoms with E-state index in [1.165, 1.54) is 0 Å². The molecule has 0 unspecified atom stereocenters. The number of halogens is 1. The molecule has 2 nitrogen and oxygen atoms in total. The van der Waals surface area contributed by atoms with Crippen LogP contribution in [0.15, 0.2) is 0 Å². The van der Waals surface area contributed by atoms with Crippen LogP contribution in [0.1, 0.15) is 6.92 Å². The summed E-state index contributed by atoms with van der Waals surface area (Å²) in [4.78, 5) is 0. The highest BCUT2D eigenvalue weighted by Crippen LogP contribution is 1.96. The maximum Gasteiger partial charge on any atom is 0.0724 e. The van der Waals surface area contributed by atoms with Crippen molar-refractivity contribution in [1.82, 2.24) is 5.01 Å². The van der Waals surface area contributed by atoms with Crippen LogP contribution in [0, 0.1) is 0 Å². The predicted molar refractivity (Wildman–Crippen MR) is 35.4 cm³/mol. The van der Waals surface area contributed by atoms with E-state index in [0.717, 1.165) is 0 Å². The third kappa shape index (κ3) is 2.87. The Morgan fingerprint density at radius 3 is 2.00 bits per heavy atom. The highest BCUT2D eigenvalue weighted by Gasteiger charge is 1.93. The van der Waals surface area contributed by atoms with Crippen LogP contribution in [0.4, 0.5) is 0 Å². The van der Waals surface area contributed by atoms with E-state index in [2.05, 4.69) is 22.6 Å². The number of rotatable bonds is 1. The van der Waals surface area contributed by atoms with Crippen molar-refractivity contribution in [3.05, 3.63) is 0 Å². The van der Waals surface area contributed by atoms with E-state index < -0.39 is 0 Å². The van der Waals surface area contributed by atoms with E-state index >= 15 is 0 Å². The molecule has 0 aromatic rings. The van der Waals surface area contributed by atoms with Crippen molar-refractivity contribution < 1.29 is 0 Å². The zero-order valence-electron chi connectivity index (χ0n) is 3.98. The molecule has 0 radical (unpaired) electrons. The second kappa shape index (κ2) is 2.76. The van der Waals surface area contributed by atoms with Crippen LogP contribution in [0.25, 0.3) is 0 Å². The molecule has 0 aromatic heterocycles. The lowest BCUT2D eigenvalue weighted by atomic mass is 10.7. The first kappa shape index (κ1) is 6.65. The van der Waals surface area contributed by atoms with Crippen molar-refractivity contribution in [3.8, 4) is 0 Å². The Bertz CT molecular complexity index is 29.8. The van der Waals surface area contributed by atoms with Gasteiger partial charge in [-0.3, -0.25) is 5.84 Å². The molecule has 1 atom stereocenters. The monoisotopic (exact) mass is 200 g/mol. The van der Waals surface area contributed by atoms with Gasteiger partial charge in [0.25, 0.3) is 0 Å². The van der Waals surface area contributed by atoms with E-state index in [0.29, 0.717) is 4.05 Å². The van der Waals surface area contributed by atoms with Gasteiger partial charge in [-0.1, -0.05) is 22.6 Å². The molecular weight excluding hydrogens is 191 g/mol. The summed E-state index contributed by atoms with van der Waals surface area (Å²) in [6.45, 7) is 2.03. The summed E-state index contributed by atoms with van der Waals surface area (Å²) >= 11 is 2.23. The number of alkyl halides is 1. The van der Waals surface area contributed by atoms with Gasteiger partial charge < -0.3 is 0 Å². The molecule has 3 heteroatoms. The van der Waals surface area contributed by atoms with Gasteiger partial charge in [0.15, 0.2) is 0 Å². The predicted octanol–water partition coefficient (Wildman–Crippen LogP) is 0.573. The van der Waals surface area contributed by atoms with Crippen molar-refractivity contribution in [2.24, 2.45) is 5.84 Å². The molecule has 0 fully saturated rings. The quantitative estimate of drug-likeness (QED) is 0.220. The summed E-state index contributed by atoms with van der Waals surface area (Å²) in [7, 11) is 1.84. The van der Waals surface area contributed by atoms with Crippen LogP contribution >= 0.6 is 22.6 Å². The zero-order valence-corrected chi connectivity index (χ0v) is 6.14. The Kier molecular flexibility index (Phi) is 3.06. The number of hydrogen-bond acceptors (Lipinski definition) is 2. The third-order valence-corrected chi connectivity index (χ3v) is 1.44. The number of nitrogens with two attached hydrogens (primary N) is 1. The van der Waals surface area contributed by atoms with Gasteiger partial charge in [-0.05, 0) is 6.92 Å². The minimum Gasteiger partial charge on any atom is -0.268 e. The SMILES string of the molecule is C[C@H](I)N(C)N. The molecule has 0 saturated carbocycles. The van der Waals surface area contributed by atoms with Gasteiger partial charge in [-0.2, -0.15) is 0 Å². The van der Waals surface area contributed by atoms with Crippen molar-refractivity contribution >= 4 is 22.6 Å². The van der Waals surface area contributed by atoms with Gasteiger partial charge in [-0.25, -0.2) is 5.01 Å². The van der Waals surface area contributed by atoms with Crippen LogP contribution in [0.5, 0.6) is 0 Å². The number of hydrazine groups is 1. The van der Waals surface area contributed by atoms with E-state index in [-0.39, 0.29) is 0 Å². The van der Waals surface area contributed by atoms with E-state index in [4.69, 9.17) is 5.84 Å². The third-order valence-electron chi connectivity index (χ3n) is 0.561. The Morgan fingerprint density at radius 2 is 2.00 bits per heavy atom. The van der Waals surface area contributed by atoms with Gasteiger partial charge in [0.05, 0.1) is 4.05 Å². The van der Waals surface area contributed by atoms with Crippen molar-refractivity contribution in [2.45, 2.75) is 11.0 Å². The van der Waals surface area contributed by atoms with Crippen LogP contribution in [0.2, 0.25) is 0 Å². The second-order valence-electron chi connectivity index (χ2n) is 1.24. The summed E-state index contributed by atoms with van der Waals surface area (Å²) in [5.74, 6) is 5.26. The van der Waals surface area contributed by atoms with Crippen molar-refractivity contribution in [1.29, 1.82) is 0 Å². The molecular formula is C3H9IN2. The van der Waals surface area contributed by atoms with Gasteiger partial charge in [0, 0.05) is 7.05 Å². The molecule has 0 saturated heterocycles. The first-order chi connectivity index (χ1) is 2.64. The topological polar surface area (TPSA) is 29.3 Å². The number of hydrogen-bond donors (Lipinski definition) is 1. The largest absolute Gasteiger partial charge is 0.268 e. The Labute approximate surface area is 51.8 Å². The summed E-state index contributed by atoms with van der Waals surface area (Å²) in [6, 6.07) is 0. The lowest BCUT2D eigenvalue weighted by Crippen LogP contribution is -2.30. The molecule has 0 aliphatic heterocycles. The molecule has 0 heterocycles. The zero-order chi connectivity index (χ0) is 5.15. The molecule has 0 bridgehead atoms. The Morgan fingerprint density at radius 1 is 1.83 bits per heavy atom. The standard InChI is InChI=1S/C3H9IN2/c1-3(4)6(2)5/h3H,5H2,1-2H3/t3-/m1/s1. The number of nitrogens with zero attached hydrogens (tertiary/aromatic N) is 1. The summed E-state index contributed by atoms with van der Waals surface area (Å²) < 4.78 is 0.433. The smallest absolute Gasteiger partial charge is 0.0724 e.